The van der Waals surface area contributed by atoms with Crippen molar-refractivity contribution < 1.29 is 9.59 Å². The van der Waals surface area contributed by atoms with Crippen LogP contribution in [0.5, 0.6) is 0 Å². The van der Waals surface area contributed by atoms with Crippen molar-refractivity contribution in [2.24, 2.45) is 11.0 Å². The molecule has 3 rings (SSSR count). The highest BCUT2D eigenvalue weighted by molar-refractivity contribution is 7.11. The molecule has 1 aliphatic heterocycles. The third kappa shape index (κ3) is 3.65. The molecule has 1 aliphatic rings. The van der Waals surface area contributed by atoms with E-state index in [0.717, 1.165) is 16.1 Å². The third-order valence-corrected chi connectivity index (χ3v) is 4.56. The Kier molecular flexibility index (Phi) is 4.52. The van der Waals surface area contributed by atoms with Gasteiger partial charge in [0, 0.05) is 23.5 Å². The van der Waals surface area contributed by atoms with Crippen LogP contribution in [-0.4, -0.2) is 24.6 Å². The van der Waals surface area contributed by atoms with Crippen LogP contribution in [0.3, 0.4) is 0 Å². The molecule has 0 unspecified atom stereocenters. The van der Waals surface area contributed by atoms with E-state index in [1.165, 1.54) is 0 Å². The van der Waals surface area contributed by atoms with Crippen molar-refractivity contribution in [1.82, 2.24) is 5.43 Å². The number of nitrogens with one attached hydrogen (secondary N) is 1. The first-order valence-electron chi connectivity index (χ1n) is 7.37. The van der Waals surface area contributed by atoms with Gasteiger partial charge in [0.05, 0.1) is 12.1 Å². The largest absolute Gasteiger partial charge is 0.312 e. The van der Waals surface area contributed by atoms with Gasteiger partial charge >= 0.3 is 0 Å². The minimum Gasteiger partial charge on any atom is -0.312 e. The monoisotopic (exact) mass is 327 g/mol. The molecular weight excluding hydrogens is 310 g/mol. The second-order valence-electron chi connectivity index (χ2n) is 5.49. The molecular formula is C17H17N3O2S. The lowest BCUT2D eigenvalue weighted by Gasteiger charge is -2.16. The van der Waals surface area contributed by atoms with Crippen molar-refractivity contribution >= 4 is 35.1 Å². The Bertz CT molecular complexity index is 723. The van der Waals surface area contributed by atoms with Crippen LogP contribution in [0, 0.1) is 12.8 Å². The second kappa shape index (κ2) is 6.75. The van der Waals surface area contributed by atoms with Gasteiger partial charge in [0.25, 0.3) is 0 Å². The van der Waals surface area contributed by atoms with Crippen LogP contribution in [0.4, 0.5) is 5.69 Å². The van der Waals surface area contributed by atoms with Gasteiger partial charge in [0.2, 0.25) is 11.8 Å². The summed E-state index contributed by atoms with van der Waals surface area (Å²) in [7, 11) is 0. The van der Waals surface area contributed by atoms with E-state index in [4.69, 9.17) is 0 Å². The molecule has 0 aliphatic carbocycles. The molecule has 2 amide bonds. The van der Waals surface area contributed by atoms with Crippen LogP contribution in [0.1, 0.15) is 16.9 Å². The zero-order valence-corrected chi connectivity index (χ0v) is 13.5. The van der Waals surface area contributed by atoms with E-state index in [0.29, 0.717) is 6.54 Å². The SMILES string of the molecule is Cc1ccc(N2C[C@H](C(=O)N/N=C/c3cccs3)CC2=O)cc1. The summed E-state index contributed by atoms with van der Waals surface area (Å²) in [5.74, 6) is -0.624. The van der Waals surface area contributed by atoms with E-state index in [9.17, 15) is 9.59 Å². The molecule has 0 saturated carbocycles. The molecule has 0 radical (unpaired) electrons. The molecule has 118 valence electrons. The fourth-order valence-corrected chi connectivity index (χ4v) is 3.06. The average molecular weight is 327 g/mol. The molecule has 1 atom stereocenters. The minimum atomic E-state index is -0.371. The van der Waals surface area contributed by atoms with Crippen molar-refractivity contribution in [1.29, 1.82) is 0 Å². The van der Waals surface area contributed by atoms with E-state index >= 15 is 0 Å². The first-order chi connectivity index (χ1) is 11.1. The van der Waals surface area contributed by atoms with Gasteiger partial charge in [-0.2, -0.15) is 5.10 Å². The zero-order chi connectivity index (χ0) is 16.2. The maximum absolute atomic E-state index is 12.2. The van der Waals surface area contributed by atoms with Crippen LogP contribution >= 0.6 is 11.3 Å². The predicted octanol–water partition coefficient (Wildman–Crippen LogP) is 2.56. The van der Waals surface area contributed by atoms with Gasteiger partial charge in [-0.3, -0.25) is 9.59 Å². The number of aryl methyl sites for hydroxylation is 1. The fourth-order valence-electron chi connectivity index (χ4n) is 2.47. The summed E-state index contributed by atoms with van der Waals surface area (Å²) >= 11 is 1.54. The summed E-state index contributed by atoms with van der Waals surface area (Å²) in [5, 5.41) is 5.89. The maximum atomic E-state index is 12.2. The first kappa shape index (κ1) is 15.4. The minimum absolute atomic E-state index is 0.0313. The summed E-state index contributed by atoms with van der Waals surface area (Å²) in [6.07, 6.45) is 1.82. The van der Waals surface area contributed by atoms with E-state index in [1.807, 2.05) is 48.7 Å². The number of carbonyl (C=O) groups excluding carboxylic acids is 2. The fraction of sp³-hybridized carbons (Fsp3) is 0.235. The Hall–Kier alpha value is -2.47. The normalized spacial score (nSPS) is 17.9. The van der Waals surface area contributed by atoms with Crippen molar-refractivity contribution in [3.05, 3.63) is 52.2 Å². The summed E-state index contributed by atoms with van der Waals surface area (Å²) in [6.45, 7) is 2.39. The van der Waals surface area contributed by atoms with Crippen LogP contribution in [0.25, 0.3) is 0 Å². The maximum Gasteiger partial charge on any atom is 0.245 e. The molecule has 1 aromatic heterocycles. The quantitative estimate of drug-likeness (QED) is 0.693. The highest BCUT2D eigenvalue weighted by Gasteiger charge is 2.35. The van der Waals surface area contributed by atoms with Crippen LogP contribution in [0.2, 0.25) is 0 Å². The first-order valence-corrected chi connectivity index (χ1v) is 8.25. The van der Waals surface area contributed by atoms with Gasteiger partial charge in [-0.05, 0) is 30.5 Å². The smallest absolute Gasteiger partial charge is 0.245 e. The van der Waals surface area contributed by atoms with Crippen LogP contribution in [-0.2, 0) is 9.59 Å². The van der Waals surface area contributed by atoms with E-state index < -0.39 is 0 Å². The molecule has 2 aromatic rings. The number of amides is 2. The van der Waals surface area contributed by atoms with Crippen molar-refractivity contribution in [3.8, 4) is 0 Å². The van der Waals surface area contributed by atoms with Crippen LogP contribution < -0.4 is 10.3 Å². The molecule has 0 bridgehead atoms. The highest BCUT2D eigenvalue weighted by atomic mass is 32.1. The molecule has 23 heavy (non-hydrogen) atoms. The van der Waals surface area contributed by atoms with E-state index in [-0.39, 0.29) is 24.2 Å². The molecule has 6 heteroatoms. The highest BCUT2D eigenvalue weighted by Crippen LogP contribution is 2.25. The number of hydrogen-bond donors (Lipinski definition) is 1. The van der Waals surface area contributed by atoms with E-state index in [2.05, 4.69) is 10.5 Å². The van der Waals surface area contributed by atoms with Crippen molar-refractivity contribution in [2.75, 3.05) is 11.4 Å². The number of anilines is 1. The van der Waals surface area contributed by atoms with Gasteiger partial charge in [0.1, 0.15) is 0 Å². The Morgan fingerprint density at radius 2 is 2.13 bits per heavy atom. The Morgan fingerprint density at radius 1 is 1.35 bits per heavy atom. The second-order valence-corrected chi connectivity index (χ2v) is 6.47. The number of hydrogen-bond acceptors (Lipinski definition) is 4. The summed E-state index contributed by atoms with van der Waals surface area (Å²) < 4.78 is 0. The topological polar surface area (TPSA) is 61.8 Å². The van der Waals surface area contributed by atoms with Gasteiger partial charge in [-0.1, -0.05) is 23.8 Å². The number of nitrogens with zero attached hydrogens (tertiary/aromatic N) is 2. The summed E-state index contributed by atoms with van der Waals surface area (Å²) in [4.78, 5) is 26.9. The average Bonchev–Trinajstić information content (AvgIpc) is 3.18. The molecule has 2 heterocycles. The number of hydrazone groups is 1. The van der Waals surface area contributed by atoms with Gasteiger partial charge < -0.3 is 4.90 Å². The number of benzene rings is 1. The zero-order valence-electron chi connectivity index (χ0n) is 12.7. The van der Waals surface area contributed by atoms with Crippen molar-refractivity contribution in [2.45, 2.75) is 13.3 Å². The lowest BCUT2D eigenvalue weighted by atomic mass is 10.1. The predicted molar refractivity (Wildman–Crippen MR) is 91.7 cm³/mol. The van der Waals surface area contributed by atoms with Gasteiger partial charge in [-0.25, -0.2) is 5.43 Å². The Morgan fingerprint density at radius 3 is 2.83 bits per heavy atom. The summed E-state index contributed by atoms with van der Waals surface area (Å²) in [6, 6.07) is 11.6. The number of rotatable bonds is 4. The third-order valence-electron chi connectivity index (χ3n) is 3.75. The number of carbonyl (C=O) groups is 2. The Labute approximate surface area is 138 Å². The van der Waals surface area contributed by atoms with Crippen molar-refractivity contribution in [3.63, 3.8) is 0 Å². The van der Waals surface area contributed by atoms with Gasteiger partial charge in [0.15, 0.2) is 0 Å². The summed E-state index contributed by atoms with van der Waals surface area (Å²) in [5.41, 5.74) is 4.49. The molecule has 1 fully saturated rings. The lowest BCUT2D eigenvalue weighted by molar-refractivity contribution is -0.126. The molecule has 0 spiro atoms. The van der Waals surface area contributed by atoms with Crippen LogP contribution in [0.15, 0.2) is 46.9 Å². The molecule has 1 saturated heterocycles. The molecule has 5 nitrogen and oxygen atoms in total. The molecule has 1 N–H and O–H groups in total. The van der Waals surface area contributed by atoms with E-state index in [1.54, 1.807) is 22.5 Å². The molecule has 1 aromatic carbocycles. The standard InChI is InChI=1S/C17H17N3O2S/c1-12-4-6-14(7-5-12)20-11-13(9-16(20)21)17(22)19-18-10-15-3-2-8-23-15/h2-8,10,13H,9,11H2,1H3,(H,19,22)/b18-10+/t13-/m1/s1. The Balaban J connectivity index is 1.60. The number of thiophene rings is 1. The van der Waals surface area contributed by atoms with Gasteiger partial charge in [-0.15, -0.1) is 11.3 Å². The lowest BCUT2D eigenvalue weighted by Crippen LogP contribution is -2.30.